The van der Waals surface area contributed by atoms with Crippen LogP contribution in [-0.2, 0) is 14.3 Å². The standard InChI is InChI=1S/C18H21NO3/c1-11(2)19-13(4)16(18(21)22-5)15(17(19)20)10-14-8-6-7-12(3)9-14/h6-11H,1-5H3/b15-10-. The van der Waals surface area contributed by atoms with E-state index in [0.29, 0.717) is 16.8 Å². The molecule has 4 heteroatoms. The first kappa shape index (κ1) is 16.0. The molecular weight excluding hydrogens is 278 g/mol. The quantitative estimate of drug-likeness (QED) is 0.636. The molecule has 0 fully saturated rings. The summed E-state index contributed by atoms with van der Waals surface area (Å²) in [6, 6.07) is 7.78. The minimum Gasteiger partial charge on any atom is -0.465 e. The fourth-order valence-electron chi connectivity index (χ4n) is 2.75. The van der Waals surface area contributed by atoms with Gasteiger partial charge in [0, 0.05) is 11.7 Å². The molecule has 0 atom stereocenters. The van der Waals surface area contributed by atoms with E-state index in [1.807, 2.05) is 45.0 Å². The molecule has 0 bridgehead atoms. The van der Waals surface area contributed by atoms with Crippen molar-refractivity contribution in [2.75, 3.05) is 7.11 Å². The van der Waals surface area contributed by atoms with Crippen LogP contribution in [0.2, 0.25) is 0 Å². The molecule has 1 aromatic carbocycles. The van der Waals surface area contributed by atoms with Crippen LogP contribution < -0.4 is 0 Å². The highest BCUT2D eigenvalue weighted by molar-refractivity contribution is 6.16. The second-order valence-corrected chi connectivity index (χ2v) is 5.69. The number of nitrogens with zero attached hydrogens (tertiary/aromatic N) is 1. The number of carbonyl (C=O) groups excluding carboxylic acids is 2. The fourth-order valence-corrected chi connectivity index (χ4v) is 2.75. The van der Waals surface area contributed by atoms with Gasteiger partial charge in [0.25, 0.3) is 5.91 Å². The summed E-state index contributed by atoms with van der Waals surface area (Å²) in [6.07, 6.45) is 1.76. The number of allylic oxidation sites excluding steroid dienone is 1. The molecule has 22 heavy (non-hydrogen) atoms. The fraction of sp³-hybridized carbons (Fsp3) is 0.333. The maximum absolute atomic E-state index is 12.7. The monoisotopic (exact) mass is 299 g/mol. The number of benzene rings is 1. The minimum atomic E-state index is -0.479. The summed E-state index contributed by atoms with van der Waals surface area (Å²) in [4.78, 5) is 26.4. The van der Waals surface area contributed by atoms with Crippen LogP contribution >= 0.6 is 0 Å². The zero-order valence-corrected chi connectivity index (χ0v) is 13.6. The summed E-state index contributed by atoms with van der Waals surface area (Å²) in [7, 11) is 1.33. The molecule has 0 saturated heterocycles. The van der Waals surface area contributed by atoms with Crippen molar-refractivity contribution in [1.82, 2.24) is 4.90 Å². The molecule has 116 valence electrons. The molecule has 2 rings (SSSR count). The maximum atomic E-state index is 12.7. The molecule has 1 aromatic rings. The highest BCUT2D eigenvalue weighted by Crippen LogP contribution is 2.33. The van der Waals surface area contributed by atoms with Crippen molar-refractivity contribution >= 4 is 18.0 Å². The first-order chi connectivity index (χ1) is 10.4. The number of esters is 1. The van der Waals surface area contributed by atoms with E-state index in [-0.39, 0.29) is 11.9 Å². The van der Waals surface area contributed by atoms with E-state index in [1.165, 1.54) is 7.11 Å². The lowest BCUT2D eigenvalue weighted by Gasteiger charge is -2.22. The molecule has 0 saturated carbocycles. The first-order valence-corrected chi connectivity index (χ1v) is 7.28. The molecule has 1 amide bonds. The predicted octanol–water partition coefficient (Wildman–Crippen LogP) is 3.08. The number of methoxy groups -OCH3 is 1. The van der Waals surface area contributed by atoms with Crippen LogP contribution in [0.25, 0.3) is 6.08 Å². The summed E-state index contributed by atoms with van der Waals surface area (Å²) >= 11 is 0. The van der Waals surface area contributed by atoms with Crippen LogP contribution in [-0.4, -0.2) is 29.9 Å². The van der Waals surface area contributed by atoms with Crippen LogP contribution in [0.15, 0.2) is 41.1 Å². The van der Waals surface area contributed by atoms with Gasteiger partial charge in [-0.25, -0.2) is 4.79 Å². The highest BCUT2D eigenvalue weighted by atomic mass is 16.5. The Balaban J connectivity index is 2.57. The smallest absolute Gasteiger partial charge is 0.340 e. The topological polar surface area (TPSA) is 46.6 Å². The zero-order valence-electron chi connectivity index (χ0n) is 13.6. The van der Waals surface area contributed by atoms with Crippen LogP contribution in [0.3, 0.4) is 0 Å². The van der Waals surface area contributed by atoms with Gasteiger partial charge >= 0.3 is 5.97 Å². The van der Waals surface area contributed by atoms with Gasteiger partial charge in [-0.2, -0.15) is 0 Å². The molecule has 0 aromatic heterocycles. The van der Waals surface area contributed by atoms with Gasteiger partial charge in [-0.1, -0.05) is 29.8 Å². The lowest BCUT2D eigenvalue weighted by atomic mass is 10.0. The molecule has 0 radical (unpaired) electrons. The van der Waals surface area contributed by atoms with Crippen molar-refractivity contribution in [3.05, 3.63) is 52.2 Å². The van der Waals surface area contributed by atoms with E-state index in [0.717, 1.165) is 11.1 Å². The maximum Gasteiger partial charge on any atom is 0.340 e. The van der Waals surface area contributed by atoms with Gasteiger partial charge in [0.15, 0.2) is 0 Å². The Morgan fingerprint density at radius 3 is 2.50 bits per heavy atom. The van der Waals surface area contributed by atoms with E-state index in [9.17, 15) is 9.59 Å². The van der Waals surface area contributed by atoms with Gasteiger partial charge in [0.05, 0.1) is 18.3 Å². The Hall–Kier alpha value is -2.36. The summed E-state index contributed by atoms with van der Waals surface area (Å²) < 4.78 is 4.86. The number of hydrogen-bond donors (Lipinski definition) is 0. The Morgan fingerprint density at radius 2 is 1.95 bits per heavy atom. The number of aryl methyl sites for hydroxylation is 1. The average Bonchev–Trinajstić information content (AvgIpc) is 2.69. The summed E-state index contributed by atoms with van der Waals surface area (Å²) in [5.74, 6) is -0.637. The molecule has 1 aliphatic rings. The lowest BCUT2D eigenvalue weighted by molar-refractivity contribution is -0.136. The van der Waals surface area contributed by atoms with Gasteiger partial charge < -0.3 is 9.64 Å². The number of ether oxygens (including phenoxy) is 1. The van der Waals surface area contributed by atoms with E-state index in [4.69, 9.17) is 4.74 Å². The largest absolute Gasteiger partial charge is 0.465 e. The van der Waals surface area contributed by atoms with Gasteiger partial charge in [-0.3, -0.25) is 4.79 Å². The second kappa shape index (κ2) is 6.18. The third-order valence-electron chi connectivity index (χ3n) is 3.70. The number of rotatable bonds is 3. The zero-order chi connectivity index (χ0) is 16.4. The molecule has 0 spiro atoms. The average molecular weight is 299 g/mol. The predicted molar refractivity (Wildman–Crippen MR) is 85.9 cm³/mol. The minimum absolute atomic E-state index is 0.0180. The number of amides is 1. The summed E-state index contributed by atoms with van der Waals surface area (Å²) in [5, 5.41) is 0. The number of carbonyl (C=O) groups is 2. The Labute approximate surface area is 131 Å². The molecule has 1 aliphatic heterocycles. The molecule has 1 heterocycles. The second-order valence-electron chi connectivity index (χ2n) is 5.69. The van der Waals surface area contributed by atoms with E-state index >= 15 is 0 Å². The van der Waals surface area contributed by atoms with Crippen molar-refractivity contribution in [2.45, 2.75) is 33.7 Å². The van der Waals surface area contributed by atoms with Crippen LogP contribution in [0.5, 0.6) is 0 Å². The summed E-state index contributed by atoms with van der Waals surface area (Å²) in [6.45, 7) is 7.61. The van der Waals surface area contributed by atoms with Gasteiger partial charge in [-0.05, 0) is 39.3 Å². The van der Waals surface area contributed by atoms with Gasteiger partial charge in [-0.15, -0.1) is 0 Å². The van der Waals surface area contributed by atoms with Crippen molar-refractivity contribution in [3.63, 3.8) is 0 Å². The lowest BCUT2D eigenvalue weighted by Crippen LogP contribution is -2.31. The Morgan fingerprint density at radius 1 is 1.27 bits per heavy atom. The highest BCUT2D eigenvalue weighted by Gasteiger charge is 2.38. The van der Waals surface area contributed by atoms with Crippen LogP contribution in [0.4, 0.5) is 0 Å². The van der Waals surface area contributed by atoms with Gasteiger partial charge in [0.2, 0.25) is 0 Å². The van der Waals surface area contributed by atoms with Crippen molar-refractivity contribution in [1.29, 1.82) is 0 Å². The molecular formula is C18H21NO3. The van der Waals surface area contributed by atoms with Crippen LogP contribution in [0, 0.1) is 6.92 Å². The van der Waals surface area contributed by atoms with Gasteiger partial charge in [0.1, 0.15) is 0 Å². The number of hydrogen-bond acceptors (Lipinski definition) is 3. The third-order valence-corrected chi connectivity index (χ3v) is 3.70. The van der Waals surface area contributed by atoms with Crippen molar-refractivity contribution in [3.8, 4) is 0 Å². The Bertz CT molecular complexity index is 683. The molecule has 0 N–H and O–H groups in total. The van der Waals surface area contributed by atoms with Crippen molar-refractivity contribution in [2.24, 2.45) is 0 Å². The molecule has 0 aliphatic carbocycles. The summed E-state index contributed by atoms with van der Waals surface area (Å²) in [5.41, 5.74) is 3.38. The molecule has 4 nitrogen and oxygen atoms in total. The normalized spacial score (nSPS) is 16.9. The van der Waals surface area contributed by atoms with E-state index in [1.54, 1.807) is 17.9 Å². The SMILES string of the molecule is COC(=O)C1=C(C)N(C(C)C)C(=O)/C1=C\c1cccc(C)c1. The Kier molecular flexibility index (Phi) is 4.50. The van der Waals surface area contributed by atoms with Crippen molar-refractivity contribution < 1.29 is 14.3 Å². The molecule has 0 unspecified atom stereocenters. The van der Waals surface area contributed by atoms with Crippen LogP contribution in [0.1, 0.15) is 31.9 Å². The van der Waals surface area contributed by atoms with E-state index < -0.39 is 5.97 Å². The first-order valence-electron chi connectivity index (χ1n) is 7.28. The third kappa shape index (κ3) is 2.82. The van der Waals surface area contributed by atoms with E-state index in [2.05, 4.69) is 0 Å².